The molecule has 0 aliphatic carbocycles. The van der Waals surface area contributed by atoms with E-state index in [0.29, 0.717) is 0 Å². The summed E-state index contributed by atoms with van der Waals surface area (Å²) in [5, 5.41) is 0. The molecule has 0 fully saturated rings. The zero-order valence-corrected chi connectivity index (χ0v) is 24.5. The van der Waals surface area contributed by atoms with Gasteiger partial charge >= 0.3 is 257 Å². The second-order valence-corrected chi connectivity index (χ2v) is 9.54. The molecule has 18 heavy (non-hydrogen) atoms. The van der Waals surface area contributed by atoms with Crippen molar-refractivity contribution in [1.82, 2.24) is 0 Å². The van der Waals surface area contributed by atoms with Crippen LogP contribution in [0, 0.1) is 0 Å². The van der Waals surface area contributed by atoms with Crippen molar-refractivity contribution in [2.45, 2.75) is 0 Å². The molecule has 0 aliphatic rings. The normalized spacial score (nSPS) is 9.67. The molecule has 0 N–H and O–H groups in total. The molecular formula is Cl3Cr3K3O9. The van der Waals surface area contributed by atoms with E-state index >= 15 is 0 Å². The van der Waals surface area contributed by atoms with Crippen molar-refractivity contribution >= 4 is 30.1 Å². The van der Waals surface area contributed by atoms with Crippen LogP contribution in [-0.4, -0.2) is 0 Å². The summed E-state index contributed by atoms with van der Waals surface area (Å²) in [5.41, 5.74) is 0. The topological polar surface area (TPSA) is 172 Å². The molecule has 18 heteroatoms. The molecule has 0 radical (unpaired) electrons. The van der Waals surface area contributed by atoms with Crippen molar-refractivity contribution in [3.8, 4) is 0 Å². The molecule has 0 atom stereocenters. The Kier molecular flexibility index (Phi) is 42.2. The molecule has 0 saturated heterocycles. The van der Waals surface area contributed by atoms with Crippen LogP contribution in [0.1, 0.15) is 0 Å². The molecule has 96 valence electrons. The first-order valence-corrected chi connectivity index (χ1v) is 11.9. The second kappa shape index (κ2) is 19.4. The van der Waals surface area contributed by atoms with Crippen molar-refractivity contribution in [1.29, 1.82) is 0 Å². The minimum absolute atomic E-state index is 0. The van der Waals surface area contributed by atoms with Crippen molar-refractivity contribution in [3.05, 3.63) is 0 Å². The number of hydrogen-bond acceptors (Lipinski definition) is 9. The van der Waals surface area contributed by atoms with E-state index in [-0.39, 0.29) is 154 Å². The van der Waals surface area contributed by atoms with Crippen molar-refractivity contribution < 1.29 is 227 Å². The van der Waals surface area contributed by atoms with Crippen LogP contribution < -0.4 is 167 Å². The average Bonchev–Trinajstić information content (AvgIpc) is 1.41. The summed E-state index contributed by atoms with van der Waals surface area (Å²) in [5.74, 6) is 0. The standard InChI is InChI=1S/3ClH.3Cr.3K.9O/h3*1H;;;;;;;;;;;;;;;/q;;;6*+1;;;;;;;3*-1/p-3. The van der Waals surface area contributed by atoms with Gasteiger partial charge in [0.25, 0.3) is 0 Å². The number of halogens is 3. The zero-order chi connectivity index (χ0) is 13.5. The average molecular weight is 524 g/mol. The van der Waals surface area contributed by atoms with Crippen LogP contribution in [0.15, 0.2) is 0 Å². The molecule has 9 nitrogen and oxygen atoms in total. The van der Waals surface area contributed by atoms with E-state index in [4.69, 9.17) is 35.3 Å². The zero-order valence-electron chi connectivity index (χ0n) is 9.03. The Morgan fingerprint density at radius 3 is 0.500 bits per heavy atom. The van der Waals surface area contributed by atoms with Crippen molar-refractivity contribution in [3.63, 3.8) is 0 Å². The molecule has 0 aliphatic heterocycles. The third-order valence-corrected chi connectivity index (χ3v) is 0. The first kappa shape index (κ1) is 39.2. The van der Waals surface area contributed by atoms with Crippen LogP contribution in [0.4, 0.5) is 0 Å². The molecule has 0 rings (SSSR count). The Balaban J connectivity index is -0.0000000277. The number of hydrogen-bond donors (Lipinski definition) is 0. The Labute approximate surface area is 248 Å². The minimum atomic E-state index is -5.03. The Morgan fingerprint density at radius 2 is 0.500 bits per heavy atom. The summed E-state index contributed by atoms with van der Waals surface area (Å²) in [6, 6.07) is 0. The Hall–Kier alpha value is 6.06. The summed E-state index contributed by atoms with van der Waals surface area (Å²) < 4.78 is 80.2. The molecule has 0 spiro atoms. The third-order valence-electron chi connectivity index (χ3n) is 0. The van der Waals surface area contributed by atoms with Gasteiger partial charge in [0.15, 0.2) is 0 Å². The summed E-state index contributed by atoms with van der Waals surface area (Å²) in [6.07, 6.45) is 0. The number of rotatable bonds is 0. The quantitative estimate of drug-likeness (QED) is 0.280. The molecule has 0 saturated carbocycles. The monoisotopic (exact) mass is 522 g/mol. The van der Waals surface area contributed by atoms with Crippen LogP contribution in [0.3, 0.4) is 0 Å². The van der Waals surface area contributed by atoms with Crippen LogP contribution in [0.5, 0.6) is 0 Å². The molecular weight excluding hydrogens is 524 g/mol. The fraction of sp³-hybridized carbons (Fsp3) is 0. The van der Waals surface area contributed by atoms with Gasteiger partial charge in [-0.3, -0.25) is 0 Å². The van der Waals surface area contributed by atoms with E-state index in [1.807, 2.05) is 0 Å². The summed E-state index contributed by atoms with van der Waals surface area (Å²) in [4.78, 5) is 0. The fourth-order valence-corrected chi connectivity index (χ4v) is 0. The van der Waals surface area contributed by atoms with E-state index in [9.17, 15) is 0 Å². The van der Waals surface area contributed by atoms with Gasteiger partial charge in [-0.1, -0.05) is 0 Å². The first-order valence-electron chi connectivity index (χ1n) is 1.96. The maximum atomic E-state index is 8.91. The van der Waals surface area contributed by atoms with Crippen molar-refractivity contribution in [2.75, 3.05) is 0 Å². The molecule has 0 aromatic heterocycles. The summed E-state index contributed by atoms with van der Waals surface area (Å²) in [7, 11) is 12.1. The first-order chi connectivity index (χ1) is 6.00. The Morgan fingerprint density at radius 1 is 0.500 bits per heavy atom. The van der Waals surface area contributed by atoms with Gasteiger partial charge in [0.2, 0.25) is 0 Å². The van der Waals surface area contributed by atoms with Gasteiger partial charge in [-0.05, 0) is 0 Å². The third kappa shape index (κ3) is 267. The molecule has 0 aromatic rings. The van der Waals surface area contributed by atoms with Gasteiger partial charge < -0.3 is 0 Å². The SMILES string of the molecule is [K+].[K+].[K+].[O]=[Cr](=[O])([O-])[Cl].[O]=[Cr](=[O])([O-])[Cl].[O]=[Cr](=[O])([O-])[Cl]. The van der Waals surface area contributed by atoms with Crippen LogP contribution in [0.2, 0.25) is 0 Å². The van der Waals surface area contributed by atoms with Gasteiger partial charge in [-0.25, -0.2) is 0 Å². The summed E-state index contributed by atoms with van der Waals surface area (Å²) in [6.45, 7) is 0. The van der Waals surface area contributed by atoms with E-state index in [2.05, 4.69) is 30.1 Å². The molecule has 0 amide bonds. The van der Waals surface area contributed by atoms with E-state index in [1.54, 1.807) is 0 Å². The van der Waals surface area contributed by atoms with Crippen LogP contribution >= 0.6 is 30.1 Å². The van der Waals surface area contributed by atoms with E-state index in [0.717, 1.165) is 0 Å². The van der Waals surface area contributed by atoms with Crippen LogP contribution in [0.25, 0.3) is 0 Å². The molecule has 0 unspecified atom stereocenters. The van der Waals surface area contributed by atoms with E-state index in [1.165, 1.54) is 0 Å². The fourth-order valence-electron chi connectivity index (χ4n) is 0. The predicted molar refractivity (Wildman–Crippen MR) is 21.7 cm³/mol. The van der Waals surface area contributed by atoms with Gasteiger partial charge in [-0.2, -0.15) is 0 Å². The van der Waals surface area contributed by atoms with Gasteiger partial charge in [0.1, 0.15) is 0 Å². The molecule has 0 aromatic carbocycles. The predicted octanol–water partition coefficient (Wildman–Crippen LogP) is -11.2. The van der Waals surface area contributed by atoms with Gasteiger partial charge in [-0.15, -0.1) is 0 Å². The van der Waals surface area contributed by atoms with E-state index < -0.39 is 37.1 Å². The molecule has 0 bridgehead atoms. The molecule has 0 heterocycles. The van der Waals surface area contributed by atoms with Crippen LogP contribution in [-0.2, 0) is 59.9 Å². The Bertz CT molecular complexity index is 353. The van der Waals surface area contributed by atoms with Crippen molar-refractivity contribution in [2.24, 2.45) is 0 Å². The summed E-state index contributed by atoms with van der Waals surface area (Å²) >= 11 is -15.1. The second-order valence-electron chi connectivity index (χ2n) is 1.18. The van der Waals surface area contributed by atoms with Gasteiger partial charge in [0, 0.05) is 0 Å². The van der Waals surface area contributed by atoms with Gasteiger partial charge in [0.05, 0.1) is 0 Å². The maximum absolute atomic E-state index is 8.91.